The summed E-state index contributed by atoms with van der Waals surface area (Å²) in [5.74, 6) is -1.76. The van der Waals surface area contributed by atoms with E-state index in [1.807, 2.05) is 0 Å². The van der Waals surface area contributed by atoms with Crippen molar-refractivity contribution in [2.75, 3.05) is 10.8 Å². The van der Waals surface area contributed by atoms with Gasteiger partial charge in [0.05, 0.1) is 20.5 Å². The van der Waals surface area contributed by atoms with E-state index in [1.165, 1.54) is 6.07 Å². The van der Waals surface area contributed by atoms with Crippen LogP contribution in [0.15, 0.2) is 47.4 Å². The SMILES string of the molecule is NC(=O)CN(c1ccc(F)c(Cl)c1)S(=O)(=O)c1cccc([N+](=O)[O-])c1. The van der Waals surface area contributed by atoms with E-state index in [-0.39, 0.29) is 10.7 Å². The molecule has 0 bridgehead atoms. The zero-order valence-electron chi connectivity index (χ0n) is 12.4. The maximum atomic E-state index is 13.3. The minimum atomic E-state index is -4.39. The van der Waals surface area contributed by atoms with Gasteiger partial charge in [-0.25, -0.2) is 12.8 Å². The summed E-state index contributed by atoms with van der Waals surface area (Å²) in [5, 5.41) is 10.5. The molecule has 1 amide bonds. The number of non-ortho nitro benzene ring substituents is 1. The van der Waals surface area contributed by atoms with Gasteiger partial charge in [-0.15, -0.1) is 0 Å². The molecule has 0 unspecified atom stereocenters. The third-order valence-corrected chi connectivity index (χ3v) is 5.17. The van der Waals surface area contributed by atoms with Crippen LogP contribution in [0.1, 0.15) is 0 Å². The molecular formula is C14H11ClFN3O5S. The number of sulfonamides is 1. The molecule has 132 valence electrons. The second-order valence-corrected chi connectivity index (χ2v) is 7.10. The van der Waals surface area contributed by atoms with Crippen LogP contribution in [-0.2, 0) is 14.8 Å². The predicted octanol–water partition coefficient (Wildman–Crippen LogP) is 2.07. The van der Waals surface area contributed by atoms with E-state index in [4.69, 9.17) is 17.3 Å². The van der Waals surface area contributed by atoms with Gasteiger partial charge in [0.1, 0.15) is 12.4 Å². The van der Waals surface area contributed by atoms with Crippen LogP contribution >= 0.6 is 11.6 Å². The van der Waals surface area contributed by atoms with Gasteiger partial charge in [0.15, 0.2) is 0 Å². The standard InChI is InChI=1S/C14H11ClFN3O5S/c15-12-7-9(4-5-13(12)16)18(8-14(17)20)25(23,24)11-3-1-2-10(6-11)19(21)22/h1-7H,8H2,(H2,17,20). The van der Waals surface area contributed by atoms with E-state index in [2.05, 4.69) is 0 Å². The topological polar surface area (TPSA) is 124 Å². The van der Waals surface area contributed by atoms with Crippen molar-refractivity contribution in [3.63, 3.8) is 0 Å². The summed E-state index contributed by atoms with van der Waals surface area (Å²) in [4.78, 5) is 20.9. The Morgan fingerprint density at radius 2 is 1.96 bits per heavy atom. The summed E-state index contributed by atoms with van der Waals surface area (Å²) in [6.07, 6.45) is 0. The number of nitro benzene ring substituents is 1. The van der Waals surface area contributed by atoms with Gasteiger partial charge < -0.3 is 5.73 Å². The molecule has 2 aromatic carbocycles. The Bertz CT molecular complexity index is 951. The first-order chi connectivity index (χ1) is 11.6. The molecule has 0 heterocycles. The third-order valence-electron chi connectivity index (χ3n) is 3.11. The van der Waals surface area contributed by atoms with E-state index in [1.54, 1.807) is 0 Å². The lowest BCUT2D eigenvalue weighted by Gasteiger charge is -2.23. The van der Waals surface area contributed by atoms with Gasteiger partial charge >= 0.3 is 0 Å². The second-order valence-electron chi connectivity index (χ2n) is 4.83. The average Bonchev–Trinajstić information content (AvgIpc) is 2.55. The third kappa shape index (κ3) is 4.03. The normalized spacial score (nSPS) is 11.1. The van der Waals surface area contributed by atoms with Crippen LogP contribution in [-0.4, -0.2) is 25.8 Å². The summed E-state index contributed by atoms with van der Waals surface area (Å²) < 4.78 is 39.5. The first-order valence-electron chi connectivity index (χ1n) is 6.63. The summed E-state index contributed by atoms with van der Waals surface area (Å²) in [6, 6.07) is 7.30. The van der Waals surface area contributed by atoms with Crippen LogP contribution in [0.4, 0.5) is 15.8 Å². The lowest BCUT2D eigenvalue weighted by molar-refractivity contribution is -0.385. The highest BCUT2D eigenvalue weighted by Gasteiger charge is 2.28. The fraction of sp³-hybridized carbons (Fsp3) is 0.0714. The Kier molecular flexibility index (Phi) is 5.24. The molecule has 0 aromatic heterocycles. The summed E-state index contributed by atoms with van der Waals surface area (Å²) >= 11 is 5.66. The maximum Gasteiger partial charge on any atom is 0.270 e. The van der Waals surface area contributed by atoms with E-state index in [0.717, 1.165) is 36.4 Å². The Morgan fingerprint density at radius 1 is 1.28 bits per heavy atom. The number of carbonyl (C=O) groups is 1. The van der Waals surface area contributed by atoms with Gasteiger partial charge in [-0.3, -0.25) is 19.2 Å². The maximum absolute atomic E-state index is 13.3. The molecule has 0 radical (unpaired) electrons. The highest BCUT2D eigenvalue weighted by atomic mass is 35.5. The number of amides is 1. The molecule has 0 aliphatic rings. The molecule has 0 saturated heterocycles. The molecule has 2 rings (SSSR count). The minimum Gasteiger partial charge on any atom is -0.368 e. The molecule has 0 atom stereocenters. The lowest BCUT2D eigenvalue weighted by Crippen LogP contribution is -2.38. The van der Waals surface area contributed by atoms with Crippen LogP contribution in [0.25, 0.3) is 0 Å². The van der Waals surface area contributed by atoms with Crippen molar-refractivity contribution in [2.24, 2.45) is 5.73 Å². The molecule has 25 heavy (non-hydrogen) atoms. The number of nitrogens with zero attached hydrogens (tertiary/aromatic N) is 2. The summed E-state index contributed by atoms with van der Waals surface area (Å²) in [6.45, 7) is -0.757. The molecule has 11 heteroatoms. The fourth-order valence-electron chi connectivity index (χ4n) is 1.98. The Morgan fingerprint density at radius 3 is 2.52 bits per heavy atom. The molecule has 0 aliphatic carbocycles. The molecule has 2 aromatic rings. The predicted molar refractivity (Wildman–Crippen MR) is 88.2 cm³/mol. The van der Waals surface area contributed by atoms with Gasteiger partial charge in [-0.1, -0.05) is 17.7 Å². The molecular weight excluding hydrogens is 377 g/mol. The number of nitrogens with two attached hydrogens (primary N) is 1. The molecule has 0 fully saturated rings. The van der Waals surface area contributed by atoms with Crippen molar-refractivity contribution in [1.29, 1.82) is 0 Å². The highest BCUT2D eigenvalue weighted by molar-refractivity contribution is 7.92. The van der Waals surface area contributed by atoms with E-state index in [9.17, 15) is 27.7 Å². The molecule has 0 aliphatic heterocycles. The van der Waals surface area contributed by atoms with Crippen molar-refractivity contribution >= 4 is 38.9 Å². The molecule has 2 N–H and O–H groups in total. The number of benzene rings is 2. The number of halogens is 2. The van der Waals surface area contributed by atoms with Crippen molar-refractivity contribution in [3.05, 3.63) is 63.4 Å². The van der Waals surface area contributed by atoms with Crippen molar-refractivity contribution < 1.29 is 22.5 Å². The minimum absolute atomic E-state index is 0.114. The number of hydrogen-bond donors (Lipinski definition) is 1. The molecule has 0 spiro atoms. The Balaban J connectivity index is 2.59. The van der Waals surface area contributed by atoms with Crippen LogP contribution in [0, 0.1) is 15.9 Å². The van der Waals surface area contributed by atoms with E-state index < -0.39 is 43.8 Å². The van der Waals surface area contributed by atoms with E-state index in [0.29, 0.717) is 4.31 Å². The molecule has 0 saturated carbocycles. The smallest absolute Gasteiger partial charge is 0.270 e. The van der Waals surface area contributed by atoms with Gasteiger partial charge in [-0.05, 0) is 24.3 Å². The van der Waals surface area contributed by atoms with E-state index >= 15 is 0 Å². The largest absolute Gasteiger partial charge is 0.368 e. The zero-order chi connectivity index (χ0) is 18.8. The van der Waals surface area contributed by atoms with Crippen molar-refractivity contribution in [1.82, 2.24) is 0 Å². The van der Waals surface area contributed by atoms with Crippen molar-refractivity contribution in [3.8, 4) is 0 Å². The number of anilines is 1. The number of hydrogen-bond acceptors (Lipinski definition) is 5. The number of primary amides is 1. The summed E-state index contributed by atoms with van der Waals surface area (Å²) in [5.41, 5.74) is 4.53. The Hall–Kier alpha value is -2.72. The number of carbonyl (C=O) groups excluding carboxylic acids is 1. The van der Waals surface area contributed by atoms with Crippen LogP contribution in [0.2, 0.25) is 5.02 Å². The number of rotatable bonds is 6. The highest BCUT2D eigenvalue weighted by Crippen LogP contribution is 2.28. The second kappa shape index (κ2) is 7.03. The lowest BCUT2D eigenvalue weighted by atomic mass is 10.3. The van der Waals surface area contributed by atoms with Gasteiger partial charge in [-0.2, -0.15) is 0 Å². The number of nitro groups is 1. The van der Waals surface area contributed by atoms with Gasteiger partial charge in [0, 0.05) is 12.1 Å². The molecule has 8 nitrogen and oxygen atoms in total. The fourth-order valence-corrected chi connectivity index (χ4v) is 3.62. The average molecular weight is 388 g/mol. The Labute approximate surface area is 146 Å². The first kappa shape index (κ1) is 18.6. The summed E-state index contributed by atoms with van der Waals surface area (Å²) in [7, 11) is -4.39. The first-order valence-corrected chi connectivity index (χ1v) is 8.45. The van der Waals surface area contributed by atoms with Gasteiger partial charge in [0.2, 0.25) is 5.91 Å². The monoisotopic (exact) mass is 387 g/mol. The van der Waals surface area contributed by atoms with Crippen LogP contribution in [0.3, 0.4) is 0 Å². The van der Waals surface area contributed by atoms with Gasteiger partial charge in [0.25, 0.3) is 15.7 Å². The van der Waals surface area contributed by atoms with Crippen LogP contribution < -0.4 is 10.0 Å². The zero-order valence-corrected chi connectivity index (χ0v) is 14.0. The quantitative estimate of drug-likeness (QED) is 0.600. The van der Waals surface area contributed by atoms with Crippen LogP contribution in [0.5, 0.6) is 0 Å². The van der Waals surface area contributed by atoms with Crippen molar-refractivity contribution in [2.45, 2.75) is 4.90 Å².